The van der Waals surface area contributed by atoms with Crippen LogP contribution in [-0.2, 0) is 172 Å². The summed E-state index contributed by atoms with van der Waals surface area (Å²) in [6.45, 7) is -26.2. The van der Waals surface area contributed by atoms with Gasteiger partial charge in [-0.15, -0.1) is 0 Å². The van der Waals surface area contributed by atoms with Gasteiger partial charge in [0.1, 0.15) is 110 Å². The van der Waals surface area contributed by atoms with Crippen LogP contribution in [0.1, 0.15) is 129 Å². The van der Waals surface area contributed by atoms with E-state index >= 15 is 0 Å². The molecule has 0 radical (unpaired) electrons. The third kappa shape index (κ3) is 26.4. The molecule has 0 saturated carbocycles. The van der Waals surface area contributed by atoms with Crippen molar-refractivity contribution >= 4 is 159 Å². The van der Waals surface area contributed by atoms with Gasteiger partial charge in [0.15, 0.2) is 11.5 Å². The highest BCUT2D eigenvalue weighted by atomic mass is 32.7. The summed E-state index contributed by atoms with van der Waals surface area (Å²) in [7, 11) is 1.09. The van der Waals surface area contributed by atoms with Gasteiger partial charge in [-0.2, -0.15) is 9.97 Å². The Morgan fingerprint density at radius 2 is 0.627 bits per heavy atom. The number of hydrogen-bond acceptors (Lipinski definition) is 46. The van der Waals surface area contributed by atoms with Crippen molar-refractivity contribution in [3.63, 3.8) is 0 Å². The van der Waals surface area contributed by atoms with Gasteiger partial charge in [-0.25, -0.2) is 48.3 Å². The second-order valence-electron chi connectivity index (χ2n) is 33.5. The van der Waals surface area contributed by atoms with Crippen molar-refractivity contribution in [2.45, 2.75) is 222 Å². The Bertz CT molecular complexity index is 7160. The molecule has 7 saturated heterocycles. The zero-order valence-electron chi connectivity index (χ0n) is 75.3. The second kappa shape index (κ2) is 44.2. The van der Waals surface area contributed by atoms with Gasteiger partial charge < -0.3 is 134 Å². The number of H-pyrrole nitrogens is 4. The minimum atomic E-state index is -4.94. The van der Waals surface area contributed by atoms with Gasteiger partial charge in [0.25, 0.3) is 22.2 Å². The summed E-state index contributed by atoms with van der Waals surface area (Å²) in [6, 6.07) is 0. The number of aryl methyl sites for hydroxylation is 6. The summed E-state index contributed by atoms with van der Waals surface area (Å²) in [5.41, 5.74) is 11.0. The first-order chi connectivity index (χ1) is 66.5. The number of hydrogen-bond donors (Lipinski definition) is 14. The van der Waals surface area contributed by atoms with Crippen LogP contribution in [0.15, 0.2) is 97.8 Å². The van der Waals surface area contributed by atoms with Crippen LogP contribution in [0, 0.1) is 41.5 Å². The Kier molecular flexibility index (Phi) is 34.2. The van der Waals surface area contributed by atoms with Crippen LogP contribution in [0.3, 0.4) is 0 Å². The topological polar surface area (TPSA) is 743 Å². The van der Waals surface area contributed by atoms with E-state index in [-0.39, 0.29) is 76.6 Å². The number of nitrogens with zero attached hydrogens (tertiary/aromatic N) is 12. The second-order valence-corrected chi connectivity index (χ2v) is 53.2. The number of thiol groups is 1. The first-order valence-corrected chi connectivity index (χ1v) is 60.8. The summed E-state index contributed by atoms with van der Waals surface area (Å²) in [5.74, 6) is -0.0744. The summed E-state index contributed by atoms with van der Waals surface area (Å²) >= 11 is 37.3. The molecule has 0 amide bonds. The van der Waals surface area contributed by atoms with Gasteiger partial charge >= 0.3 is 81.2 Å². The highest BCUT2D eigenvalue weighted by Crippen LogP contribution is 2.60. The van der Waals surface area contributed by atoms with E-state index < -0.39 is 291 Å². The molecule has 780 valence electrons. The monoisotopic (exact) mass is 2260 g/mol. The quantitative estimate of drug-likeness (QED) is 0.0188. The highest BCUT2D eigenvalue weighted by Gasteiger charge is 2.52. The highest BCUT2D eigenvalue weighted by molar-refractivity contribution is 8.44. The molecule has 71 heteroatoms. The number of anilines is 3. The van der Waals surface area contributed by atoms with E-state index in [1.165, 1.54) is 74.3 Å². The molecule has 14 unspecified atom stereocenters. The van der Waals surface area contributed by atoms with Gasteiger partial charge in [0.05, 0.1) is 88.7 Å². The van der Waals surface area contributed by atoms with Crippen LogP contribution >= 0.6 is 59.4 Å². The Morgan fingerprint density at radius 1 is 0.366 bits per heavy atom. The molecule has 7 aliphatic heterocycles. The molecule has 0 aliphatic carbocycles. The van der Waals surface area contributed by atoms with Crippen LogP contribution in [0.4, 0.5) is 17.5 Å². The predicted molar refractivity (Wildman–Crippen MR) is 517 cm³/mol. The number of ether oxygens (including phenoxy) is 7. The molecular formula is C71H96N19O38P7S7. The van der Waals surface area contributed by atoms with Crippen LogP contribution in [0.25, 0.3) is 11.2 Å². The third-order valence-corrected chi connectivity index (χ3v) is 34.7. The molecule has 0 bridgehead atoms. The van der Waals surface area contributed by atoms with E-state index in [1.54, 1.807) is 20.8 Å². The van der Waals surface area contributed by atoms with Crippen molar-refractivity contribution in [1.29, 1.82) is 0 Å². The Hall–Kier alpha value is -6.17. The summed E-state index contributed by atoms with van der Waals surface area (Å²) < 4.78 is 149. The third-order valence-electron chi connectivity index (χ3n) is 23.4. The van der Waals surface area contributed by atoms with E-state index in [9.17, 15) is 81.9 Å². The average molecular weight is 2260 g/mol. The molecule has 15 rings (SSSR count). The fraction of sp³-hybridized carbons (Fsp3) is 0.592. The molecule has 0 spiro atoms. The van der Waals surface area contributed by atoms with Crippen molar-refractivity contribution in [3.8, 4) is 0 Å². The van der Waals surface area contributed by atoms with Gasteiger partial charge in [0, 0.05) is 123 Å². The van der Waals surface area contributed by atoms with E-state index in [0.29, 0.717) is 11.1 Å². The maximum absolute atomic E-state index is 15.0. The molecule has 8 aromatic rings. The van der Waals surface area contributed by atoms with E-state index in [0.717, 1.165) is 42.3 Å². The first kappa shape index (κ1) is 110. The van der Waals surface area contributed by atoms with Crippen LogP contribution < -0.4 is 73.6 Å². The number of nitrogens with one attached hydrogen (secondary N) is 4. The van der Waals surface area contributed by atoms with Gasteiger partial charge in [-0.05, 0) is 119 Å². The lowest BCUT2D eigenvalue weighted by atomic mass is 10.2. The predicted octanol–water partition coefficient (Wildman–Crippen LogP) is 0.952. The molecule has 16 N–H and O–H groups in total. The number of aromatic nitrogens is 16. The zero-order chi connectivity index (χ0) is 103. The SMILES string of the molecule is COP(O)(=S)OC1C[C@H](n2cc(C)c(=O)[nH]c2=O)O[C@@H]1COP(O)(=S)OC1C[C@H](n2cc(C)c(N)nc2=O)O[C@@H]1COP(O)(=S)OC1C[C@H](n2cc(C)c(=O)[nH]c2=O)O[C@@H]1COP(=O)(S)OC1C[C@H](n2cc(C)c(=O)[nH]c2=O)O[C@@H]1COP(O)(=S)OC1C[C@H](n2cc(C)c(=O)[nH]c2=O)O[C@@H]1COP(O)(=S)OC1C[C@H](n2cnc3c(N)ncnc32)O[C@@H]1COP(O)(=S)OC1C[C@H](n2cc(C)c(N)nc2=O)O[C@@H]1C. The zero-order valence-corrected chi connectivity index (χ0v) is 87.4. The van der Waals surface area contributed by atoms with Crippen molar-refractivity contribution in [2.24, 2.45) is 0 Å². The smallest absolute Gasteiger partial charge is 0.383 e. The number of fused-ring (bicyclic) bond motifs is 1. The van der Waals surface area contributed by atoms with Crippen molar-refractivity contribution in [2.75, 3.05) is 64.0 Å². The number of imidazole rings is 1. The van der Waals surface area contributed by atoms with Gasteiger partial charge in [-0.1, -0.05) is 12.2 Å². The summed E-state index contributed by atoms with van der Waals surface area (Å²) in [6.07, 6.45) is -19.7. The van der Waals surface area contributed by atoms with Gasteiger partial charge in [-0.3, -0.25) is 80.1 Å². The Labute approximate surface area is 834 Å². The molecule has 7 fully saturated rings. The Morgan fingerprint density at radius 3 is 0.944 bits per heavy atom. The summed E-state index contributed by atoms with van der Waals surface area (Å²) in [4.78, 5) is 230. The molecule has 7 aliphatic rings. The van der Waals surface area contributed by atoms with Crippen molar-refractivity contribution in [1.82, 2.24) is 76.8 Å². The minimum Gasteiger partial charge on any atom is -0.383 e. The van der Waals surface area contributed by atoms with Crippen LogP contribution in [0.2, 0.25) is 0 Å². The minimum absolute atomic E-state index is 0.00565. The lowest BCUT2D eigenvalue weighted by molar-refractivity contribution is -0.0571. The maximum atomic E-state index is 15.0. The number of nitrogen functional groups attached to an aromatic ring is 3. The van der Waals surface area contributed by atoms with Crippen molar-refractivity contribution in [3.05, 3.63) is 188 Å². The average Bonchev–Trinajstić information content (AvgIpc) is 1.66. The lowest BCUT2D eigenvalue weighted by Gasteiger charge is -2.28. The molecule has 28 atom stereocenters. The van der Waals surface area contributed by atoms with Crippen LogP contribution in [0.5, 0.6) is 0 Å². The number of rotatable bonds is 40. The first-order valence-electron chi connectivity index (χ1n) is 42.6. The molecule has 57 nitrogen and oxygen atoms in total. The molecule has 0 aromatic carbocycles. The normalized spacial score (nSPS) is 29.9. The maximum Gasteiger partial charge on any atom is 0.386 e. The fourth-order valence-electron chi connectivity index (χ4n) is 16.2. The summed E-state index contributed by atoms with van der Waals surface area (Å²) in [5, 5.41) is 0. The van der Waals surface area contributed by atoms with Crippen molar-refractivity contribution < 1.29 is 130 Å². The largest absolute Gasteiger partial charge is 0.386 e. The van der Waals surface area contributed by atoms with Crippen LogP contribution in [-0.4, -0.2) is 238 Å². The molecule has 8 aromatic heterocycles. The van der Waals surface area contributed by atoms with E-state index in [2.05, 4.69) is 57.1 Å². The number of nitrogens with two attached hydrogens (primary N) is 3. The van der Waals surface area contributed by atoms with E-state index in [1.807, 2.05) is 0 Å². The molecular weight excluding hydrogens is 2170 g/mol. The Balaban J connectivity index is 0.632. The van der Waals surface area contributed by atoms with E-state index in [4.69, 9.17) is 185 Å². The van der Waals surface area contributed by atoms with Gasteiger partial charge in [0.2, 0.25) is 0 Å². The lowest BCUT2D eigenvalue weighted by Crippen LogP contribution is -2.33. The molecule has 15 heterocycles. The standard InChI is InChI=1S/C71H96N19O38P7S7/c1-30-16-84(66(95)78-58(30)72)50-9-37(36(7)115-50)122-130(102,137)109-27-49-43(15-56(121-49)90-29-77-57-60(74)75-28-76-61(57)90)128-135(107,142)114-26-48-42(14-55(120-48)89-21-35(6)65(94)83-71(89)100)127-134(106,141)113-25-47-41(13-54(119-47)88-20-34(5)64(93)82-70(88)99)126-133(105,140)112-24-46-40(12-53(118-46)87-19-33(4)63(92)81-69(87)98)125-132(104,139)111-23-45-39(11-51(117-45)85-17-31(2)59(73)79-67(85)96)124-131(103,138)110-22-44-38(123-129(101,136)108-8)10-52(116-44)86-18-32(3)62(91)80-68(86)97/h16-21,28-29,36-56H,9-15,22-27H2,1-8H3,(H,101,136)(H,102,137)(H,103,138)(H,104,139)(H,105,140)(H,106,141)(H,107,142)(H2,72,78,95)(H2,73,79,96)(H2,74,75,76)(H,80,91,97)(H,81,92,98)(H,82,93,99)(H,83,94,100)/t36-,37?,38?,39?,40?,41?,42?,43?,44-,45-,46-,47-,48-,49-,50-,51-,52-,53-,54-,55-,56-,129?,130?,131?,132?,133?,134?,135?/m1/s1. The fourth-order valence-corrected chi connectivity index (χ4v) is 26.1. The number of aromatic amines is 4. The molecule has 142 heavy (non-hydrogen) atoms.